The van der Waals surface area contributed by atoms with Gasteiger partial charge in [0.2, 0.25) is 0 Å². The van der Waals surface area contributed by atoms with Crippen LogP contribution in [0.1, 0.15) is 57.6 Å². The van der Waals surface area contributed by atoms with Gasteiger partial charge in [-0.05, 0) is 43.2 Å². The van der Waals surface area contributed by atoms with Gasteiger partial charge >= 0.3 is 5.97 Å². The van der Waals surface area contributed by atoms with Crippen LogP contribution in [0.5, 0.6) is 5.75 Å². The predicted molar refractivity (Wildman–Crippen MR) is 115 cm³/mol. The number of carboxylic acids is 1. The number of rotatable bonds is 8. The zero-order valence-corrected chi connectivity index (χ0v) is 17.8. The standard InChI is InChI=1S/C21H23N3O5S/c1-11(2)18-23-19-15(12(3)16(30-19)17(22)25)20(26)24(18)9-4-10-29-14-7-5-13(6-8-14)21(27)28/h5-8,11H,4,9-10H2,1-3H3,(H2,22,25)(H,27,28). The average Bonchev–Trinajstić information content (AvgIpc) is 3.03. The summed E-state index contributed by atoms with van der Waals surface area (Å²) in [6.07, 6.45) is 0.555. The van der Waals surface area contributed by atoms with Crippen LogP contribution in [-0.2, 0) is 6.54 Å². The van der Waals surface area contributed by atoms with Crippen LogP contribution >= 0.6 is 11.3 Å². The first-order valence-corrected chi connectivity index (χ1v) is 10.3. The number of benzene rings is 1. The third-order valence-electron chi connectivity index (χ3n) is 4.72. The fourth-order valence-electron chi connectivity index (χ4n) is 3.23. The molecule has 0 spiro atoms. The number of fused-ring (bicyclic) bond motifs is 1. The van der Waals surface area contributed by atoms with Gasteiger partial charge in [-0.2, -0.15) is 0 Å². The Balaban J connectivity index is 1.80. The largest absolute Gasteiger partial charge is 0.494 e. The van der Waals surface area contributed by atoms with E-state index in [-0.39, 0.29) is 17.0 Å². The highest BCUT2D eigenvalue weighted by Crippen LogP contribution is 2.28. The minimum atomic E-state index is -0.992. The van der Waals surface area contributed by atoms with E-state index in [0.717, 1.165) is 11.3 Å². The number of hydrogen-bond acceptors (Lipinski definition) is 6. The van der Waals surface area contributed by atoms with Gasteiger partial charge in [0.25, 0.3) is 11.5 Å². The van der Waals surface area contributed by atoms with Gasteiger partial charge < -0.3 is 15.6 Å². The van der Waals surface area contributed by atoms with Crippen LogP contribution in [0.4, 0.5) is 0 Å². The number of aryl methyl sites for hydroxylation is 1. The molecule has 9 heteroatoms. The summed E-state index contributed by atoms with van der Waals surface area (Å²) < 4.78 is 7.29. The van der Waals surface area contributed by atoms with Gasteiger partial charge in [-0.3, -0.25) is 14.2 Å². The van der Waals surface area contributed by atoms with Crippen LogP contribution in [-0.4, -0.2) is 33.1 Å². The number of aromatic carboxylic acids is 1. The van der Waals surface area contributed by atoms with Gasteiger partial charge in [0.05, 0.1) is 22.4 Å². The third-order valence-corrected chi connectivity index (χ3v) is 5.92. The highest BCUT2D eigenvalue weighted by atomic mass is 32.1. The number of thiophene rings is 1. The first-order chi connectivity index (χ1) is 14.2. The molecule has 1 aromatic carbocycles. The molecule has 0 saturated carbocycles. The molecule has 0 aliphatic rings. The van der Waals surface area contributed by atoms with Gasteiger partial charge in [-0.25, -0.2) is 9.78 Å². The Morgan fingerprint density at radius 1 is 1.27 bits per heavy atom. The van der Waals surface area contributed by atoms with Crippen molar-refractivity contribution in [2.24, 2.45) is 5.73 Å². The molecule has 2 aromatic heterocycles. The monoisotopic (exact) mass is 429 g/mol. The van der Waals surface area contributed by atoms with Crippen molar-refractivity contribution in [3.63, 3.8) is 0 Å². The van der Waals surface area contributed by atoms with Crippen LogP contribution in [0.3, 0.4) is 0 Å². The molecule has 0 unspecified atom stereocenters. The zero-order chi connectivity index (χ0) is 22.0. The molecule has 30 heavy (non-hydrogen) atoms. The summed E-state index contributed by atoms with van der Waals surface area (Å²) in [6.45, 7) is 6.39. The topological polar surface area (TPSA) is 125 Å². The molecule has 0 fully saturated rings. The van der Waals surface area contributed by atoms with Crippen molar-refractivity contribution in [3.05, 3.63) is 56.4 Å². The van der Waals surface area contributed by atoms with Gasteiger partial charge in [0, 0.05) is 12.5 Å². The van der Waals surface area contributed by atoms with E-state index in [4.69, 9.17) is 15.6 Å². The first kappa shape index (κ1) is 21.5. The number of carbonyl (C=O) groups is 2. The minimum Gasteiger partial charge on any atom is -0.494 e. The van der Waals surface area contributed by atoms with Crippen molar-refractivity contribution in [2.45, 2.75) is 39.7 Å². The Bertz CT molecular complexity index is 1160. The summed E-state index contributed by atoms with van der Waals surface area (Å²) in [5.41, 5.74) is 6.00. The second-order valence-corrected chi connectivity index (χ2v) is 8.21. The Hall–Kier alpha value is -3.20. The minimum absolute atomic E-state index is 0.0195. The summed E-state index contributed by atoms with van der Waals surface area (Å²) in [7, 11) is 0. The van der Waals surface area contributed by atoms with E-state index in [1.54, 1.807) is 23.6 Å². The van der Waals surface area contributed by atoms with Crippen molar-refractivity contribution in [3.8, 4) is 5.75 Å². The number of ether oxygens (including phenoxy) is 1. The number of amides is 1. The number of nitrogens with zero attached hydrogens (tertiary/aromatic N) is 2. The van der Waals surface area contributed by atoms with E-state index < -0.39 is 11.9 Å². The summed E-state index contributed by atoms with van der Waals surface area (Å²) in [4.78, 5) is 41.2. The molecule has 0 radical (unpaired) electrons. The smallest absolute Gasteiger partial charge is 0.335 e. The molecular formula is C21H23N3O5S. The highest BCUT2D eigenvalue weighted by Gasteiger charge is 2.21. The van der Waals surface area contributed by atoms with E-state index in [2.05, 4.69) is 4.98 Å². The van der Waals surface area contributed by atoms with Crippen molar-refractivity contribution in [1.82, 2.24) is 9.55 Å². The number of carboxylic acid groups (broad SMARTS) is 1. The van der Waals surface area contributed by atoms with Crippen molar-refractivity contribution >= 4 is 33.4 Å². The molecule has 0 bridgehead atoms. The molecular weight excluding hydrogens is 406 g/mol. The molecule has 0 saturated heterocycles. The molecule has 3 aromatic rings. The van der Waals surface area contributed by atoms with Crippen molar-refractivity contribution < 1.29 is 19.4 Å². The lowest BCUT2D eigenvalue weighted by Gasteiger charge is -2.15. The highest BCUT2D eigenvalue weighted by molar-refractivity contribution is 7.20. The SMILES string of the molecule is Cc1c(C(N)=O)sc2nc(C(C)C)n(CCCOc3ccc(C(=O)O)cc3)c(=O)c12. The molecule has 158 valence electrons. The molecule has 0 aliphatic heterocycles. The van der Waals surface area contributed by atoms with E-state index >= 15 is 0 Å². The fraction of sp³-hybridized carbons (Fsp3) is 0.333. The molecule has 3 N–H and O–H groups in total. The Kier molecular flexibility index (Phi) is 6.21. The van der Waals surface area contributed by atoms with Crippen LogP contribution in [0.2, 0.25) is 0 Å². The van der Waals surface area contributed by atoms with Crippen LogP contribution in [0, 0.1) is 6.92 Å². The third kappa shape index (κ3) is 4.20. The number of aromatic nitrogens is 2. The van der Waals surface area contributed by atoms with Gasteiger partial charge in [0.1, 0.15) is 16.4 Å². The Morgan fingerprint density at radius 2 is 1.93 bits per heavy atom. The Labute approximate surface area is 176 Å². The van der Waals surface area contributed by atoms with E-state index in [1.165, 1.54) is 12.1 Å². The van der Waals surface area contributed by atoms with Crippen LogP contribution in [0.15, 0.2) is 29.1 Å². The lowest BCUT2D eigenvalue weighted by Crippen LogP contribution is -2.27. The fourth-order valence-corrected chi connectivity index (χ4v) is 4.26. The molecule has 3 rings (SSSR count). The number of primary amides is 1. The van der Waals surface area contributed by atoms with Crippen molar-refractivity contribution in [1.29, 1.82) is 0 Å². The quantitative estimate of drug-likeness (QED) is 0.530. The van der Waals surface area contributed by atoms with E-state index in [1.807, 2.05) is 13.8 Å². The lowest BCUT2D eigenvalue weighted by molar-refractivity contribution is 0.0696. The average molecular weight is 429 g/mol. The second kappa shape index (κ2) is 8.66. The Morgan fingerprint density at radius 3 is 2.50 bits per heavy atom. The molecule has 8 nitrogen and oxygen atoms in total. The van der Waals surface area contributed by atoms with Gasteiger partial charge in [-0.15, -0.1) is 11.3 Å². The van der Waals surface area contributed by atoms with Gasteiger partial charge in [-0.1, -0.05) is 13.8 Å². The summed E-state index contributed by atoms with van der Waals surface area (Å²) >= 11 is 1.15. The summed E-state index contributed by atoms with van der Waals surface area (Å²) in [5, 5.41) is 9.37. The molecule has 2 heterocycles. The number of carbonyl (C=O) groups excluding carboxylic acids is 1. The van der Waals surface area contributed by atoms with Gasteiger partial charge in [0.15, 0.2) is 0 Å². The maximum atomic E-state index is 13.2. The molecule has 1 amide bonds. The predicted octanol–water partition coefficient (Wildman–Crippen LogP) is 3.16. The molecule has 0 aliphatic carbocycles. The normalized spacial score (nSPS) is 11.2. The number of hydrogen-bond donors (Lipinski definition) is 2. The van der Waals surface area contributed by atoms with Crippen molar-refractivity contribution in [2.75, 3.05) is 6.61 Å². The lowest BCUT2D eigenvalue weighted by atomic mass is 10.1. The summed E-state index contributed by atoms with van der Waals surface area (Å²) in [5.74, 6) is -0.325. The molecule has 0 atom stereocenters. The van der Waals surface area contributed by atoms with Crippen LogP contribution in [0.25, 0.3) is 10.2 Å². The van der Waals surface area contributed by atoms with E-state index in [0.29, 0.717) is 51.8 Å². The first-order valence-electron chi connectivity index (χ1n) is 9.50. The number of nitrogens with two attached hydrogens (primary N) is 1. The van der Waals surface area contributed by atoms with E-state index in [9.17, 15) is 14.4 Å². The second-order valence-electron chi connectivity index (χ2n) is 7.21. The van der Waals surface area contributed by atoms with Crippen LogP contribution < -0.4 is 16.0 Å². The maximum absolute atomic E-state index is 13.2. The zero-order valence-electron chi connectivity index (χ0n) is 17.0. The summed E-state index contributed by atoms with van der Waals surface area (Å²) in [6, 6.07) is 6.16. The maximum Gasteiger partial charge on any atom is 0.335 e.